The summed E-state index contributed by atoms with van der Waals surface area (Å²) >= 11 is 0. The van der Waals surface area contributed by atoms with Gasteiger partial charge in [0.15, 0.2) is 0 Å². The van der Waals surface area contributed by atoms with Crippen LogP contribution in [0.5, 0.6) is 0 Å². The van der Waals surface area contributed by atoms with E-state index in [1.54, 1.807) is 12.1 Å². The van der Waals surface area contributed by atoms with E-state index < -0.39 is 5.54 Å². The third-order valence-corrected chi connectivity index (χ3v) is 3.80. The van der Waals surface area contributed by atoms with Crippen LogP contribution >= 0.6 is 0 Å². The Morgan fingerprint density at radius 2 is 2.05 bits per heavy atom. The van der Waals surface area contributed by atoms with E-state index >= 15 is 0 Å². The SMILES string of the molecule is CC(C)N1CCC(C#N)(Nc2cccc(F)c2)CC1. The maximum atomic E-state index is 13.2. The molecular formula is C15H20FN3. The molecule has 1 aliphatic heterocycles. The molecule has 1 heterocycles. The Labute approximate surface area is 114 Å². The van der Waals surface area contributed by atoms with Gasteiger partial charge in [-0.1, -0.05) is 6.07 Å². The number of rotatable bonds is 3. The zero-order valence-electron chi connectivity index (χ0n) is 11.5. The van der Waals surface area contributed by atoms with Crippen LogP contribution in [-0.2, 0) is 0 Å². The fourth-order valence-electron chi connectivity index (χ4n) is 2.53. The minimum Gasteiger partial charge on any atom is -0.367 e. The van der Waals surface area contributed by atoms with E-state index in [4.69, 9.17) is 0 Å². The Morgan fingerprint density at radius 3 is 2.58 bits per heavy atom. The van der Waals surface area contributed by atoms with Crippen LogP contribution in [0.15, 0.2) is 24.3 Å². The first-order chi connectivity index (χ1) is 9.04. The van der Waals surface area contributed by atoms with Crippen LogP contribution in [0.1, 0.15) is 26.7 Å². The molecule has 1 aliphatic rings. The highest BCUT2D eigenvalue weighted by Gasteiger charge is 2.35. The van der Waals surface area contributed by atoms with Gasteiger partial charge in [-0.25, -0.2) is 4.39 Å². The van der Waals surface area contributed by atoms with E-state index in [0.29, 0.717) is 11.7 Å². The van der Waals surface area contributed by atoms with Crippen molar-refractivity contribution in [2.45, 2.75) is 38.3 Å². The summed E-state index contributed by atoms with van der Waals surface area (Å²) in [6, 6.07) is 9.20. The largest absolute Gasteiger partial charge is 0.367 e. The molecule has 0 unspecified atom stereocenters. The van der Waals surface area contributed by atoms with Gasteiger partial charge in [0.25, 0.3) is 0 Å². The predicted octanol–water partition coefficient (Wildman–Crippen LogP) is 3.00. The van der Waals surface area contributed by atoms with E-state index in [1.807, 2.05) is 0 Å². The summed E-state index contributed by atoms with van der Waals surface area (Å²) in [6.45, 7) is 6.12. The molecule has 2 rings (SSSR count). The second kappa shape index (κ2) is 5.58. The standard InChI is InChI=1S/C15H20FN3/c1-12(2)19-8-6-15(11-17,7-9-19)18-14-5-3-4-13(16)10-14/h3-5,10,12,18H,6-9H2,1-2H3. The molecule has 1 aromatic rings. The number of nitrogens with zero attached hydrogens (tertiary/aromatic N) is 2. The number of hydrogen-bond acceptors (Lipinski definition) is 3. The molecule has 4 heteroatoms. The van der Waals surface area contributed by atoms with Crippen LogP contribution in [-0.4, -0.2) is 29.6 Å². The lowest BCUT2D eigenvalue weighted by molar-refractivity contribution is 0.160. The lowest BCUT2D eigenvalue weighted by Gasteiger charge is -2.40. The van der Waals surface area contributed by atoms with Gasteiger partial charge in [-0.15, -0.1) is 0 Å². The fraction of sp³-hybridized carbons (Fsp3) is 0.533. The molecule has 0 spiro atoms. The topological polar surface area (TPSA) is 39.1 Å². The lowest BCUT2D eigenvalue weighted by atomic mass is 9.88. The van der Waals surface area contributed by atoms with Gasteiger partial charge in [-0.2, -0.15) is 5.26 Å². The van der Waals surface area contributed by atoms with Crippen LogP contribution in [0.2, 0.25) is 0 Å². The van der Waals surface area contributed by atoms with Crippen molar-refractivity contribution >= 4 is 5.69 Å². The van der Waals surface area contributed by atoms with Crippen molar-refractivity contribution in [3.63, 3.8) is 0 Å². The molecule has 0 saturated carbocycles. The quantitative estimate of drug-likeness (QED) is 0.909. The average molecular weight is 261 g/mol. The number of anilines is 1. The molecule has 0 bridgehead atoms. The summed E-state index contributed by atoms with van der Waals surface area (Å²) in [5, 5.41) is 12.7. The first-order valence-corrected chi connectivity index (χ1v) is 6.74. The van der Waals surface area contributed by atoms with E-state index in [1.165, 1.54) is 12.1 Å². The van der Waals surface area contributed by atoms with Crippen LogP contribution in [0.4, 0.5) is 10.1 Å². The van der Waals surface area contributed by atoms with Gasteiger partial charge in [0.2, 0.25) is 0 Å². The first-order valence-electron chi connectivity index (χ1n) is 6.74. The van der Waals surface area contributed by atoms with Crippen molar-refractivity contribution in [3.8, 4) is 6.07 Å². The monoisotopic (exact) mass is 261 g/mol. The maximum Gasteiger partial charge on any atom is 0.127 e. The minimum absolute atomic E-state index is 0.280. The van der Waals surface area contributed by atoms with Gasteiger partial charge >= 0.3 is 0 Å². The molecule has 0 atom stereocenters. The summed E-state index contributed by atoms with van der Waals surface area (Å²) in [5.41, 5.74) is 0.110. The van der Waals surface area contributed by atoms with Gasteiger partial charge in [0, 0.05) is 24.8 Å². The van der Waals surface area contributed by atoms with Crippen LogP contribution in [0.25, 0.3) is 0 Å². The molecule has 19 heavy (non-hydrogen) atoms. The molecule has 0 amide bonds. The number of nitriles is 1. The summed E-state index contributed by atoms with van der Waals surface area (Å²) in [4.78, 5) is 2.36. The summed E-state index contributed by atoms with van der Waals surface area (Å²) in [7, 11) is 0. The smallest absolute Gasteiger partial charge is 0.127 e. The first kappa shape index (κ1) is 13.8. The Hall–Kier alpha value is -1.60. The molecule has 0 aliphatic carbocycles. The number of hydrogen-bond donors (Lipinski definition) is 1. The van der Waals surface area contributed by atoms with E-state index in [0.717, 1.165) is 25.9 Å². The normalized spacial score (nSPS) is 19.1. The highest BCUT2D eigenvalue weighted by Crippen LogP contribution is 2.27. The van der Waals surface area contributed by atoms with Crippen molar-refractivity contribution < 1.29 is 4.39 Å². The highest BCUT2D eigenvalue weighted by atomic mass is 19.1. The second-order valence-electron chi connectivity index (χ2n) is 5.46. The number of likely N-dealkylation sites (tertiary alicyclic amines) is 1. The van der Waals surface area contributed by atoms with Crippen LogP contribution in [0, 0.1) is 17.1 Å². The lowest BCUT2D eigenvalue weighted by Crippen LogP contribution is -2.50. The van der Waals surface area contributed by atoms with Crippen molar-refractivity contribution in [2.24, 2.45) is 0 Å². The van der Waals surface area contributed by atoms with Crippen LogP contribution in [0.3, 0.4) is 0 Å². The average Bonchev–Trinajstić information content (AvgIpc) is 2.39. The van der Waals surface area contributed by atoms with Gasteiger partial charge in [-0.3, -0.25) is 0 Å². The minimum atomic E-state index is -0.570. The molecule has 1 saturated heterocycles. The number of piperidine rings is 1. The Kier molecular flexibility index (Phi) is 4.06. The van der Waals surface area contributed by atoms with E-state index in [9.17, 15) is 9.65 Å². The van der Waals surface area contributed by atoms with Gasteiger partial charge in [0.05, 0.1) is 6.07 Å². The van der Waals surface area contributed by atoms with Gasteiger partial charge in [-0.05, 0) is 44.9 Å². The predicted molar refractivity (Wildman–Crippen MR) is 74.3 cm³/mol. The Bertz CT molecular complexity index is 471. The van der Waals surface area contributed by atoms with Crippen molar-refractivity contribution in [1.82, 2.24) is 4.90 Å². The maximum absolute atomic E-state index is 13.2. The van der Waals surface area contributed by atoms with Gasteiger partial charge in [0.1, 0.15) is 11.4 Å². The molecule has 1 aromatic carbocycles. The van der Waals surface area contributed by atoms with Crippen LogP contribution < -0.4 is 5.32 Å². The molecular weight excluding hydrogens is 241 g/mol. The molecule has 1 fully saturated rings. The summed E-state index contributed by atoms with van der Waals surface area (Å²) in [5.74, 6) is -0.280. The highest BCUT2D eigenvalue weighted by molar-refractivity contribution is 5.48. The van der Waals surface area contributed by atoms with E-state index in [2.05, 4.69) is 30.1 Å². The zero-order valence-corrected chi connectivity index (χ0v) is 11.5. The third kappa shape index (κ3) is 3.24. The summed E-state index contributed by atoms with van der Waals surface area (Å²) < 4.78 is 13.2. The molecule has 102 valence electrons. The Morgan fingerprint density at radius 1 is 1.37 bits per heavy atom. The van der Waals surface area contributed by atoms with E-state index in [-0.39, 0.29) is 5.82 Å². The number of nitrogens with one attached hydrogen (secondary N) is 1. The third-order valence-electron chi connectivity index (χ3n) is 3.80. The van der Waals surface area contributed by atoms with Crippen molar-refractivity contribution in [3.05, 3.63) is 30.1 Å². The molecule has 1 N–H and O–H groups in total. The summed E-state index contributed by atoms with van der Waals surface area (Å²) in [6.07, 6.45) is 1.52. The molecule has 0 radical (unpaired) electrons. The fourth-order valence-corrected chi connectivity index (χ4v) is 2.53. The number of halogens is 1. The van der Waals surface area contributed by atoms with Gasteiger partial charge < -0.3 is 10.2 Å². The Balaban J connectivity index is 2.07. The zero-order chi connectivity index (χ0) is 13.9. The molecule has 0 aromatic heterocycles. The second-order valence-corrected chi connectivity index (χ2v) is 5.46. The van der Waals surface area contributed by atoms with Crippen molar-refractivity contribution in [2.75, 3.05) is 18.4 Å². The number of benzene rings is 1. The van der Waals surface area contributed by atoms with Crippen molar-refractivity contribution in [1.29, 1.82) is 5.26 Å². The molecule has 3 nitrogen and oxygen atoms in total.